The molecule has 24 heavy (non-hydrogen) atoms. The topological polar surface area (TPSA) is 84.7 Å². The van der Waals surface area contributed by atoms with Gasteiger partial charge in [0.1, 0.15) is 0 Å². The van der Waals surface area contributed by atoms with Gasteiger partial charge in [-0.15, -0.1) is 0 Å². The maximum absolute atomic E-state index is 12.5. The van der Waals surface area contributed by atoms with Gasteiger partial charge in [-0.2, -0.15) is 5.10 Å². The number of morpholine rings is 1. The zero-order valence-corrected chi connectivity index (χ0v) is 13.3. The van der Waals surface area contributed by atoms with Crippen molar-refractivity contribution in [2.75, 3.05) is 13.1 Å². The number of nitrogens with zero attached hydrogens (tertiary/aromatic N) is 3. The van der Waals surface area contributed by atoms with Gasteiger partial charge in [0.05, 0.1) is 24.8 Å². The molecule has 1 saturated heterocycles. The molecule has 126 valence electrons. The largest absolute Gasteiger partial charge is 0.479 e. The summed E-state index contributed by atoms with van der Waals surface area (Å²) < 4.78 is 7.08. The Morgan fingerprint density at radius 2 is 2.04 bits per heavy atom. The van der Waals surface area contributed by atoms with Gasteiger partial charge in [0, 0.05) is 18.9 Å². The number of ether oxygens (including phenoxy) is 1. The van der Waals surface area contributed by atoms with E-state index in [1.165, 1.54) is 0 Å². The van der Waals surface area contributed by atoms with Crippen LogP contribution in [0.1, 0.15) is 12.5 Å². The van der Waals surface area contributed by atoms with Crippen molar-refractivity contribution in [3.05, 3.63) is 48.3 Å². The standard InChI is InChI=1S/C17H19N3O4/c1-12-10-19(11-15(24-12)17(22)23)16(21)9-13-3-5-14(6-4-13)20-8-2-7-18-20/h2-8,12,15H,9-11H2,1H3,(H,22,23)/t12-,15?/m1/s1. The van der Waals surface area contributed by atoms with Crippen LogP contribution in [0.25, 0.3) is 5.69 Å². The Bertz CT molecular complexity index is 712. The van der Waals surface area contributed by atoms with E-state index in [0.29, 0.717) is 6.54 Å². The highest BCUT2D eigenvalue weighted by molar-refractivity contribution is 5.80. The molecule has 7 heteroatoms. The molecule has 0 saturated carbocycles. The maximum atomic E-state index is 12.5. The number of hydrogen-bond donors (Lipinski definition) is 1. The van der Waals surface area contributed by atoms with Gasteiger partial charge in [-0.1, -0.05) is 12.1 Å². The Balaban J connectivity index is 1.65. The fourth-order valence-electron chi connectivity index (χ4n) is 2.77. The normalized spacial score (nSPS) is 20.8. The van der Waals surface area contributed by atoms with Crippen LogP contribution < -0.4 is 0 Å². The van der Waals surface area contributed by atoms with Gasteiger partial charge >= 0.3 is 5.97 Å². The minimum Gasteiger partial charge on any atom is -0.479 e. The summed E-state index contributed by atoms with van der Waals surface area (Å²) in [6.45, 7) is 2.27. The number of aliphatic carboxylic acids is 1. The van der Waals surface area contributed by atoms with E-state index >= 15 is 0 Å². The molecule has 1 amide bonds. The molecule has 2 atom stereocenters. The summed E-state index contributed by atoms with van der Waals surface area (Å²) in [4.78, 5) is 25.1. The van der Waals surface area contributed by atoms with E-state index in [1.807, 2.05) is 36.5 Å². The van der Waals surface area contributed by atoms with E-state index in [4.69, 9.17) is 9.84 Å². The quantitative estimate of drug-likeness (QED) is 0.908. The van der Waals surface area contributed by atoms with Crippen molar-refractivity contribution in [3.63, 3.8) is 0 Å². The molecule has 2 heterocycles. The number of hydrogen-bond acceptors (Lipinski definition) is 4. The molecule has 0 spiro atoms. The van der Waals surface area contributed by atoms with Crippen LogP contribution >= 0.6 is 0 Å². The van der Waals surface area contributed by atoms with Crippen molar-refractivity contribution in [2.45, 2.75) is 25.6 Å². The zero-order valence-electron chi connectivity index (χ0n) is 13.3. The fourth-order valence-corrected chi connectivity index (χ4v) is 2.77. The van der Waals surface area contributed by atoms with Gasteiger partial charge in [0.15, 0.2) is 6.10 Å². The van der Waals surface area contributed by atoms with Gasteiger partial charge in [-0.3, -0.25) is 4.79 Å². The molecule has 7 nitrogen and oxygen atoms in total. The Hall–Kier alpha value is -2.67. The number of rotatable bonds is 4. The van der Waals surface area contributed by atoms with Crippen LogP contribution in [0, 0.1) is 0 Å². The zero-order chi connectivity index (χ0) is 17.1. The fraction of sp³-hybridized carbons (Fsp3) is 0.353. The first-order valence-electron chi connectivity index (χ1n) is 7.78. The van der Waals surface area contributed by atoms with Crippen molar-refractivity contribution in [1.82, 2.24) is 14.7 Å². The lowest BCUT2D eigenvalue weighted by atomic mass is 10.1. The summed E-state index contributed by atoms with van der Waals surface area (Å²) >= 11 is 0. The predicted octanol–water partition coefficient (Wildman–Crippen LogP) is 1.12. The molecular weight excluding hydrogens is 310 g/mol. The predicted molar refractivity (Wildman–Crippen MR) is 85.8 cm³/mol. The van der Waals surface area contributed by atoms with Crippen molar-refractivity contribution in [1.29, 1.82) is 0 Å². The van der Waals surface area contributed by atoms with Gasteiger partial charge in [0.25, 0.3) is 0 Å². The molecule has 1 N–H and O–H groups in total. The molecule has 1 aliphatic heterocycles. The van der Waals surface area contributed by atoms with E-state index < -0.39 is 12.1 Å². The van der Waals surface area contributed by atoms with Gasteiger partial charge < -0.3 is 14.7 Å². The molecule has 1 aromatic carbocycles. The molecule has 1 fully saturated rings. The molecule has 0 radical (unpaired) electrons. The van der Waals surface area contributed by atoms with Crippen LogP contribution in [-0.4, -0.2) is 57.0 Å². The average molecular weight is 329 g/mol. The smallest absolute Gasteiger partial charge is 0.334 e. The van der Waals surface area contributed by atoms with E-state index in [1.54, 1.807) is 22.7 Å². The van der Waals surface area contributed by atoms with Crippen molar-refractivity contribution in [3.8, 4) is 5.69 Å². The van der Waals surface area contributed by atoms with E-state index in [0.717, 1.165) is 11.3 Å². The molecule has 0 bridgehead atoms. The second-order valence-corrected chi connectivity index (χ2v) is 5.87. The molecule has 1 aliphatic rings. The van der Waals surface area contributed by atoms with E-state index in [9.17, 15) is 9.59 Å². The van der Waals surface area contributed by atoms with E-state index in [2.05, 4.69) is 5.10 Å². The highest BCUT2D eigenvalue weighted by Crippen LogP contribution is 2.15. The lowest BCUT2D eigenvalue weighted by Gasteiger charge is -2.35. The monoisotopic (exact) mass is 329 g/mol. The van der Waals surface area contributed by atoms with Crippen LogP contribution in [0.3, 0.4) is 0 Å². The van der Waals surface area contributed by atoms with Crippen LogP contribution in [0.15, 0.2) is 42.7 Å². The number of benzene rings is 1. The molecule has 0 aliphatic carbocycles. The highest BCUT2D eigenvalue weighted by atomic mass is 16.5. The third-order valence-electron chi connectivity index (χ3n) is 3.95. The van der Waals surface area contributed by atoms with Crippen LogP contribution in [0.5, 0.6) is 0 Å². The number of amides is 1. The molecular formula is C17H19N3O4. The average Bonchev–Trinajstić information content (AvgIpc) is 3.09. The lowest BCUT2D eigenvalue weighted by molar-refractivity contribution is -0.166. The Labute approximate surface area is 139 Å². The molecule has 1 aromatic heterocycles. The summed E-state index contributed by atoms with van der Waals surface area (Å²) in [5.41, 5.74) is 1.80. The van der Waals surface area contributed by atoms with Gasteiger partial charge in [-0.05, 0) is 30.7 Å². The molecule has 2 aromatic rings. The number of carboxylic acids is 1. The second-order valence-electron chi connectivity index (χ2n) is 5.87. The van der Waals surface area contributed by atoms with Crippen molar-refractivity contribution >= 4 is 11.9 Å². The first-order chi connectivity index (χ1) is 11.5. The Morgan fingerprint density at radius 3 is 2.67 bits per heavy atom. The van der Waals surface area contributed by atoms with Gasteiger partial charge in [0.2, 0.25) is 5.91 Å². The lowest BCUT2D eigenvalue weighted by Crippen LogP contribution is -2.52. The number of carbonyl (C=O) groups excluding carboxylic acids is 1. The van der Waals surface area contributed by atoms with E-state index in [-0.39, 0.29) is 25.0 Å². The third kappa shape index (κ3) is 3.62. The SMILES string of the molecule is C[C@@H]1CN(C(=O)Cc2ccc(-n3cccn3)cc2)CC(C(=O)O)O1. The summed E-state index contributed by atoms with van der Waals surface area (Å²) in [6, 6.07) is 9.41. The number of carbonyl (C=O) groups is 2. The van der Waals surface area contributed by atoms with Crippen molar-refractivity contribution < 1.29 is 19.4 Å². The number of aromatic nitrogens is 2. The summed E-state index contributed by atoms with van der Waals surface area (Å²) in [6.07, 6.45) is 2.54. The van der Waals surface area contributed by atoms with Crippen molar-refractivity contribution in [2.24, 2.45) is 0 Å². The molecule has 1 unspecified atom stereocenters. The minimum atomic E-state index is -1.04. The second kappa shape index (κ2) is 6.84. The van der Waals surface area contributed by atoms with Crippen LogP contribution in [0.2, 0.25) is 0 Å². The Kier molecular flexibility index (Phi) is 4.61. The van der Waals surface area contributed by atoms with Crippen LogP contribution in [0.4, 0.5) is 0 Å². The maximum Gasteiger partial charge on any atom is 0.334 e. The highest BCUT2D eigenvalue weighted by Gasteiger charge is 2.32. The first kappa shape index (κ1) is 16.2. The summed E-state index contributed by atoms with van der Waals surface area (Å²) in [7, 11) is 0. The Morgan fingerprint density at radius 1 is 1.29 bits per heavy atom. The molecule has 3 rings (SSSR count). The summed E-state index contributed by atoms with van der Waals surface area (Å²) in [5, 5.41) is 13.3. The first-order valence-corrected chi connectivity index (χ1v) is 7.78. The summed E-state index contributed by atoms with van der Waals surface area (Å²) in [5.74, 6) is -1.13. The van der Waals surface area contributed by atoms with Crippen LogP contribution in [-0.2, 0) is 20.7 Å². The number of carboxylic acid groups (broad SMARTS) is 1. The van der Waals surface area contributed by atoms with Gasteiger partial charge in [-0.25, -0.2) is 9.48 Å². The minimum absolute atomic E-state index is 0.0872. The third-order valence-corrected chi connectivity index (χ3v) is 3.95.